The number of ether oxygens (including phenoxy) is 2. The smallest absolute Gasteiger partial charge is 0.277 e. The summed E-state index contributed by atoms with van der Waals surface area (Å²) in [5.74, 6) is 1.53. The van der Waals surface area contributed by atoms with Gasteiger partial charge in [0.15, 0.2) is 17.3 Å². The van der Waals surface area contributed by atoms with Gasteiger partial charge in [-0.15, -0.1) is 10.2 Å². The molecule has 0 spiro atoms. The number of aromatic nitrogens is 2. The van der Waals surface area contributed by atoms with E-state index in [2.05, 4.69) is 14.9 Å². The molecule has 1 aliphatic heterocycles. The van der Waals surface area contributed by atoms with Gasteiger partial charge < -0.3 is 13.9 Å². The van der Waals surface area contributed by atoms with Gasteiger partial charge in [-0.1, -0.05) is 11.8 Å². The molecule has 2 heterocycles. The summed E-state index contributed by atoms with van der Waals surface area (Å²) in [5.41, 5.74) is 1.53. The van der Waals surface area contributed by atoms with Crippen LogP contribution in [-0.4, -0.2) is 43.2 Å². The molecule has 0 amide bonds. The number of thioether (sulfide) groups is 1. The molecule has 2 aromatic carbocycles. The van der Waals surface area contributed by atoms with Gasteiger partial charge in [0.1, 0.15) is 0 Å². The van der Waals surface area contributed by atoms with Gasteiger partial charge in [-0.05, 0) is 42.5 Å². The number of nitrogens with one attached hydrogen (secondary N) is 1. The fraction of sp³-hybridized carbons (Fsp3) is 0.167. The molecule has 0 fully saturated rings. The summed E-state index contributed by atoms with van der Waals surface area (Å²) in [6.07, 6.45) is 1.06. The Balaban J connectivity index is 1.38. The van der Waals surface area contributed by atoms with Crippen molar-refractivity contribution in [3.8, 4) is 23.0 Å². The molecule has 150 valence electrons. The van der Waals surface area contributed by atoms with E-state index >= 15 is 0 Å². The van der Waals surface area contributed by atoms with Crippen LogP contribution in [0.1, 0.15) is 10.4 Å². The molecule has 4 rings (SSSR count). The molecule has 29 heavy (non-hydrogen) atoms. The standard InChI is InChI=1S/C18H15N3O6S2/c1-29(23,24)21-13-5-2-11(3-6-13)14(22)9-28-18-20-19-17(27-18)12-4-7-15-16(8-12)26-10-25-15/h2-8,21H,9-10H2,1H3. The summed E-state index contributed by atoms with van der Waals surface area (Å²) in [6, 6.07) is 11.5. The van der Waals surface area contributed by atoms with Crippen LogP contribution in [0.15, 0.2) is 52.1 Å². The van der Waals surface area contributed by atoms with E-state index in [1.807, 2.05) is 0 Å². The molecule has 0 radical (unpaired) electrons. The predicted octanol–water partition coefficient (Wildman–Crippen LogP) is 2.81. The van der Waals surface area contributed by atoms with Crippen molar-refractivity contribution in [1.82, 2.24) is 10.2 Å². The lowest BCUT2D eigenvalue weighted by atomic mass is 10.1. The maximum atomic E-state index is 12.3. The van der Waals surface area contributed by atoms with E-state index in [-0.39, 0.29) is 23.6 Å². The molecule has 0 bridgehead atoms. The van der Waals surface area contributed by atoms with E-state index in [0.717, 1.165) is 18.0 Å². The fourth-order valence-electron chi connectivity index (χ4n) is 2.56. The van der Waals surface area contributed by atoms with Gasteiger partial charge in [0, 0.05) is 16.8 Å². The minimum Gasteiger partial charge on any atom is -0.454 e. The number of rotatable bonds is 7. The lowest BCUT2D eigenvalue weighted by molar-refractivity contribution is 0.102. The largest absolute Gasteiger partial charge is 0.454 e. The number of sulfonamides is 1. The summed E-state index contributed by atoms with van der Waals surface area (Å²) in [4.78, 5) is 12.3. The number of hydrogen-bond donors (Lipinski definition) is 1. The molecule has 0 unspecified atom stereocenters. The second-order valence-corrected chi connectivity index (χ2v) is 8.78. The van der Waals surface area contributed by atoms with Gasteiger partial charge in [-0.25, -0.2) is 8.42 Å². The normalized spacial score (nSPS) is 12.7. The molecule has 1 aliphatic rings. The summed E-state index contributed by atoms with van der Waals surface area (Å²) in [7, 11) is -3.36. The van der Waals surface area contributed by atoms with E-state index in [4.69, 9.17) is 13.9 Å². The summed E-state index contributed by atoms with van der Waals surface area (Å²) < 4.78 is 41.0. The first-order valence-corrected chi connectivity index (χ1v) is 11.2. The van der Waals surface area contributed by atoms with Crippen LogP contribution in [0.4, 0.5) is 5.69 Å². The van der Waals surface area contributed by atoms with Crippen LogP contribution >= 0.6 is 11.8 Å². The van der Waals surface area contributed by atoms with Crippen molar-refractivity contribution in [3.63, 3.8) is 0 Å². The quantitative estimate of drug-likeness (QED) is 0.443. The number of carbonyl (C=O) groups is 1. The van der Waals surface area contributed by atoms with Crippen molar-refractivity contribution in [2.24, 2.45) is 0 Å². The van der Waals surface area contributed by atoms with Crippen molar-refractivity contribution in [1.29, 1.82) is 0 Å². The highest BCUT2D eigenvalue weighted by Gasteiger charge is 2.17. The second-order valence-electron chi connectivity index (χ2n) is 6.10. The van der Waals surface area contributed by atoms with E-state index in [0.29, 0.717) is 34.2 Å². The van der Waals surface area contributed by atoms with E-state index in [1.165, 1.54) is 12.1 Å². The number of Topliss-reactive ketones (excluding diaryl/α,β-unsaturated/α-hetero) is 1. The van der Waals surface area contributed by atoms with E-state index in [9.17, 15) is 13.2 Å². The Morgan fingerprint density at radius 1 is 1.10 bits per heavy atom. The zero-order chi connectivity index (χ0) is 20.4. The monoisotopic (exact) mass is 433 g/mol. The Morgan fingerprint density at radius 3 is 2.62 bits per heavy atom. The third-order valence-electron chi connectivity index (χ3n) is 3.86. The molecule has 1 aromatic heterocycles. The maximum Gasteiger partial charge on any atom is 0.277 e. The van der Waals surface area contributed by atoms with Crippen molar-refractivity contribution >= 4 is 33.3 Å². The lowest BCUT2D eigenvalue weighted by Crippen LogP contribution is -2.10. The van der Waals surface area contributed by atoms with Gasteiger partial charge in [-0.3, -0.25) is 9.52 Å². The minimum atomic E-state index is -3.36. The summed E-state index contributed by atoms with van der Waals surface area (Å²) in [6.45, 7) is 0.178. The maximum absolute atomic E-state index is 12.3. The second kappa shape index (κ2) is 7.76. The Hall–Kier alpha value is -3.05. The average Bonchev–Trinajstić information content (AvgIpc) is 3.34. The van der Waals surface area contributed by atoms with Crippen LogP contribution in [0.2, 0.25) is 0 Å². The Morgan fingerprint density at radius 2 is 1.86 bits per heavy atom. The number of anilines is 1. The van der Waals surface area contributed by atoms with Crippen molar-refractivity contribution < 1.29 is 27.1 Å². The molecule has 3 aromatic rings. The van der Waals surface area contributed by atoms with Crippen molar-refractivity contribution in [2.45, 2.75) is 5.22 Å². The minimum absolute atomic E-state index is 0.0988. The first kappa shape index (κ1) is 19.3. The first-order chi connectivity index (χ1) is 13.9. The third kappa shape index (κ3) is 4.69. The van der Waals surface area contributed by atoms with Crippen LogP contribution in [0, 0.1) is 0 Å². The molecule has 0 saturated heterocycles. The Labute approximate surface area is 170 Å². The number of fused-ring (bicyclic) bond motifs is 1. The number of benzene rings is 2. The first-order valence-electron chi connectivity index (χ1n) is 8.35. The number of nitrogens with zero attached hydrogens (tertiary/aromatic N) is 2. The SMILES string of the molecule is CS(=O)(=O)Nc1ccc(C(=O)CSc2nnc(-c3ccc4c(c3)OCO4)o2)cc1. The average molecular weight is 433 g/mol. The Kier molecular flexibility index (Phi) is 5.16. The van der Waals surface area contributed by atoms with Crippen LogP contribution in [0.25, 0.3) is 11.5 Å². The number of ketones is 1. The van der Waals surface area contributed by atoms with Crippen LogP contribution in [0.3, 0.4) is 0 Å². The van der Waals surface area contributed by atoms with Gasteiger partial charge in [-0.2, -0.15) is 0 Å². The zero-order valence-electron chi connectivity index (χ0n) is 15.1. The number of hydrogen-bond acceptors (Lipinski definition) is 9. The summed E-state index contributed by atoms with van der Waals surface area (Å²) in [5, 5.41) is 8.21. The topological polar surface area (TPSA) is 121 Å². The van der Waals surface area contributed by atoms with Crippen LogP contribution in [0.5, 0.6) is 11.5 Å². The molecule has 1 N–H and O–H groups in total. The van der Waals surface area contributed by atoms with Gasteiger partial charge in [0.2, 0.25) is 22.7 Å². The molecular formula is C18H15N3O6S2. The summed E-state index contributed by atoms with van der Waals surface area (Å²) >= 11 is 1.12. The molecule has 11 heteroatoms. The van der Waals surface area contributed by atoms with Crippen LogP contribution < -0.4 is 14.2 Å². The number of carbonyl (C=O) groups excluding carboxylic acids is 1. The zero-order valence-corrected chi connectivity index (χ0v) is 16.7. The third-order valence-corrected chi connectivity index (χ3v) is 5.29. The highest BCUT2D eigenvalue weighted by Crippen LogP contribution is 2.36. The van der Waals surface area contributed by atoms with Crippen molar-refractivity contribution in [2.75, 3.05) is 23.5 Å². The Bertz CT molecular complexity index is 1160. The molecule has 0 saturated carbocycles. The fourth-order valence-corrected chi connectivity index (χ4v) is 3.79. The van der Waals surface area contributed by atoms with E-state index in [1.54, 1.807) is 30.3 Å². The highest BCUT2D eigenvalue weighted by atomic mass is 32.2. The molecular weight excluding hydrogens is 418 g/mol. The van der Waals surface area contributed by atoms with Crippen LogP contribution in [-0.2, 0) is 10.0 Å². The lowest BCUT2D eigenvalue weighted by Gasteiger charge is -2.04. The molecule has 0 aliphatic carbocycles. The molecule has 0 atom stereocenters. The molecule has 9 nitrogen and oxygen atoms in total. The highest BCUT2D eigenvalue weighted by molar-refractivity contribution is 7.99. The predicted molar refractivity (Wildman–Crippen MR) is 106 cm³/mol. The van der Waals surface area contributed by atoms with E-state index < -0.39 is 10.0 Å². The van der Waals surface area contributed by atoms with Gasteiger partial charge >= 0.3 is 0 Å². The van der Waals surface area contributed by atoms with Gasteiger partial charge in [0.05, 0.1) is 12.0 Å². The van der Waals surface area contributed by atoms with Gasteiger partial charge in [0.25, 0.3) is 5.22 Å². The van der Waals surface area contributed by atoms with Crippen molar-refractivity contribution in [3.05, 3.63) is 48.0 Å².